The van der Waals surface area contributed by atoms with Gasteiger partial charge in [-0.3, -0.25) is 0 Å². The Morgan fingerprint density at radius 1 is 0.327 bits per heavy atom. The average molecular weight is 706 g/mol. The van der Waals surface area contributed by atoms with E-state index < -0.39 is 0 Å². The smallest absolute Gasteiger partial charge is 0.0543 e. The van der Waals surface area contributed by atoms with E-state index in [0.29, 0.717) is 0 Å². The van der Waals surface area contributed by atoms with Crippen LogP contribution in [-0.2, 0) is 10.8 Å². The lowest BCUT2D eigenvalue weighted by molar-refractivity contribution is 0.660. The molecule has 1 heteroatoms. The summed E-state index contributed by atoms with van der Waals surface area (Å²) >= 11 is 0. The van der Waals surface area contributed by atoms with Gasteiger partial charge in [-0.25, -0.2) is 0 Å². The molecule has 0 spiro atoms. The number of nitrogens with zero attached hydrogens (tertiary/aromatic N) is 1. The van der Waals surface area contributed by atoms with Crippen molar-refractivity contribution in [2.24, 2.45) is 0 Å². The van der Waals surface area contributed by atoms with Crippen LogP contribution in [0.1, 0.15) is 49.9 Å². The number of hydrogen-bond donors (Lipinski definition) is 0. The fraction of sp³-hybridized carbons (Fsp3) is 0.111. The van der Waals surface area contributed by atoms with E-state index in [4.69, 9.17) is 0 Å². The highest BCUT2D eigenvalue weighted by molar-refractivity contribution is 5.99. The number of anilines is 3. The van der Waals surface area contributed by atoms with Crippen molar-refractivity contribution in [3.63, 3.8) is 0 Å². The number of fused-ring (bicyclic) bond motifs is 6. The van der Waals surface area contributed by atoms with Gasteiger partial charge in [0, 0.05) is 27.8 Å². The predicted molar refractivity (Wildman–Crippen MR) is 233 cm³/mol. The van der Waals surface area contributed by atoms with Gasteiger partial charge in [0.15, 0.2) is 0 Å². The minimum absolute atomic E-state index is 0.120. The van der Waals surface area contributed by atoms with Crippen molar-refractivity contribution in [3.8, 4) is 55.6 Å². The topological polar surface area (TPSA) is 3.24 Å². The molecule has 8 aromatic carbocycles. The monoisotopic (exact) mass is 705 g/mol. The molecule has 0 radical (unpaired) electrons. The molecule has 2 aliphatic carbocycles. The van der Waals surface area contributed by atoms with Crippen LogP contribution in [0.15, 0.2) is 188 Å². The van der Waals surface area contributed by atoms with Gasteiger partial charge in [0.2, 0.25) is 0 Å². The molecule has 10 rings (SSSR count). The summed E-state index contributed by atoms with van der Waals surface area (Å²) in [6.45, 7) is 9.55. The van der Waals surface area contributed by atoms with E-state index in [0.717, 1.165) is 11.4 Å². The van der Waals surface area contributed by atoms with Crippen molar-refractivity contribution in [1.82, 2.24) is 0 Å². The molecule has 0 saturated carbocycles. The third-order valence-corrected chi connectivity index (χ3v) is 12.3. The summed E-state index contributed by atoms with van der Waals surface area (Å²) in [5.41, 5.74) is 21.3. The lowest BCUT2D eigenvalue weighted by atomic mass is 9.78. The predicted octanol–water partition coefficient (Wildman–Crippen LogP) is 14.8. The minimum Gasteiger partial charge on any atom is -0.310 e. The zero-order valence-electron chi connectivity index (χ0n) is 31.8. The van der Waals surface area contributed by atoms with Crippen LogP contribution in [0.2, 0.25) is 0 Å². The maximum Gasteiger partial charge on any atom is 0.0543 e. The minimum atomic E-state index is -0.231. The summed E-state index contributed by atoms with van der Waals surface area (Å²) < 4.78 is 0. The van der Waals surface area contributed by atoms with Gasteiger partial charge in [-0.1, -0.05) is 179 Å². The van der Waals surface area contributed by atoms with Crippen LogP contribution in [0.4, 0.5) is 17.1 Å². The summed E-state index contributed by atoms with van der Waals surface area (Å²) in [6.07, 6.45) is 0. The molecule has 0 saturated heterocycles. The first-order chi connectivity index (χ1) is 26.8. The molecule has 0 unspecified atom stereocenters. The Balaban J connectivity index is 1.22. The van der Waals surface area contributed by atoms with Gasteiger partial charge in [-0.15, -0.1) is 0 Å². The third kappa shape index (κ3) is 5.22. The second-order valence-corrected chi connectivity index (χ2v) is 16.1. The maximum atomic E-state index is 2.51. The molecule has 55 heavy (non-hydrogen) atoms. The van der Waals surface area contributed by atoms with Crippen LogP contribution in [0.5, 0.6) is 0 Å². The van der Waals surface area contributed by atoms with Crippen molar-refractivity contribution < 1.29 is 0 Å². The molecule has 0 bridgehead atoms. The SMILES string of the molecule is CC1(C)c2ccccc2-c2ccc(N(c3ccc(-c4ccccc4)cc3)c3ccc4c(c3-c3ccccc3)C(C)(C)c3ccc(-c5ccccc5)cc3-4)cc21. The second kappa shape index (κ2) is 12.6. The fourth-order valence-electron chi connectivity index (χ4n) is 9.50. The van der Waals surface area contributed by atoms with Crippen LogP contribution >= 0.6 is 0 Å². The Hall–Kier alpha value is -6.44. The van der Waals surface area contributed by atoms with Gasteiger partial charge < -0.3 is 4.90 Å². The molecular weight excluding hydrogens is 663 g/mol. The van der Waals surface area contributed by atoms with Crippen LogP contribution in [0.25, 0.3) is 55.6 Å². The highest BCUT2D eigenvalue weighted by Crippen LogP contribution is 2.57. The Morgan fingerprint density at radius 3 is 1.53 bits per heavy atom. The molecule has 1 nitrogen and oxygen atoms in total. The lowest BCUT2D eigenvalue weighted by Gasteiger charge is -2.33. The Kier molecular flexibility index (Phi) is 7.58. The standard InChI is InChI=1S/C54H43N/c1-53(2)47-23-15-14-22-43(47)44-30-29-42(35-49(44)53)55(41-27-24-38(25-28-41)36-16-8-5-9-17-36)50-33-31-45-46-34-40(37-18-10-6-11-19-37)26-32-48(46)54(3,4)52(45)51(50)39-20-12-7-13-21-39/h5-35H,1-4H3. The van der Waals surface area contributed by atoms with Crippen molar-refractivity contribution in [2.45, 2.75) is 38.5 Å². The zero-order valence-corrected chi connectivity index (χ0v) is 31.8. The highest BCUT2D eigenvalue weighted by atomic mass is 15.1. The Labute approximate surface area is 325 Å². The molecule has 0 aliphatic heterocycles. The van der Waals surface area contributed by atoms with Crippen LogP contribution in [0.3, 0.4) is 0 Å². The molecule has 264 valence electrons. The molecule has 0 heterocycles. The Bertz CT molecular complexity index is 2720. The van der Waals surface area contributed by atoms with Gasteiger partial charge >= 0.3 is 0 Å². The quantitative estimate of drug-likeness (QED) is 0.166. The number of hydrogen-bond acceptors (Lipinski definition) is 1. The first kappa shape index (κ1) is 33.2. The van der Waals surface area contributed by atoms with Gasteiger partial charge in [-0.05, 0) is 109 Å². The normalized spacial score (nSPS) is 14.1. The van der Waals surface area contributed by atoms with Crippen LogP contribution in [0, 0.1) is 0 Å². The van der Waals surface area contributed by atoms with E-state index in [1.54, 1.807) is 0 Å². The first-order valence-electron chi connectivity index (χ1n) is 19.4. The fourth-order valence-corrected chi connectivity index (χ4v) is 9.50. The summed E-state index contributed by atoms with van der Waals surface area (Å²) in [4.78, 5) is 2.51. The van der Waals surface area contributed by atoms with Crippen molar-refractivity contribution in [2.75, 3.05) is 4.90 Å². The van der Waals surface area contributed by atoms with Crippen LogP contribution in [-0.4, -0.2) is 0 Å². The molecule has 2 aliphatic rings. The largest absolute Gasteiger partial charge is 0.310 e. The number of rotatable bonds is 6. The van der Waals surface area contributed by atoms with E-state index in [1.165, 1.54) is 83.6 Å². The van der Waals surface area contributed by atoms with E-state index in [1.807, 2.05) is 0 Å². The van der Waals surface area contributed by atoms with Crippen molar-refractivity contribution in [3.05, 3.63) is 210 Å². The summed E-state index contributed by atoms with van der Waals surface area (Å²) in [7, 11) is 0. The van der Waals surface area contributed by atoms with Gasteiger partial charge in [0.1, 0.15) is 0 Å². The zero-order chi connectivity index (χ0) is 37.3. The first-order valence-corrected chi connectivity index (χ1v) is 19.4. The van der Waals surface area contributed by atoms with Gasteiger partial charge in [0.25, 0.3) is 0 Å². The number of benzene rings is 8. The van der Waals surface area contributed by atoms with Crippen molar-refractivity contribution >= 4 is 17.1 Å². The lowest BCUT2D eigenvalue weighted by Crippen LogP contribution is -2.19. The van der Waals surface area contributed by atoms with Gasteiger partial charge in [0.05, 0.1) is 5.69 Å². The molecule has 0 aromatic heterocycles. The molecule has 8 aromatic rings. The Morgan fingerprint density at radius 2 is 0.836 bits per heavy atom. The van der Waals surface area contributed by atoms with Crippen LogP contribution < -0.4 is 4.90 Å². The molecule has 0 N–H and O–H groups in total. The third-order valence-electron chi connectivity index (χ3n) is 12.3. The summed E-state index contributed by atoms with van der Waals surface area (Å²) in [6, 6.07) is 69.5. The summed E-state index contributed by atoms with van der Waals surface area (Å²) in [5, 5.41) is 0. The van der Waals surface area contributed by atoms with E-state index in [-0.39, 0.29) is 10.8 Å². The average Bonchev–Trinajstić information content (AvgIpc) is 3.61. The van der Waals surface area contributed by atoms with Gasteiger partial charge in [-0.2, -0.15) is 0 Å². The maximum absolute atomic E-state index is 2.51. The molecular formula is C54H43N. The second-order valence-electron chi connectivity index (χ2n) is 16.1. The summed E-state index contributed by atoms with van der Waals surface area (Å²) in [5.74, 6) is 0. The highest BCUT2D eigenvalue weighted by Gasteiger charge is 2.40. The molecule has 0 atom stereocenters. The van der Waals surface area contributed by atoms with E-state index in [9.17, 15) is 0 Å². The van der Waals surface area contributed by atoms with E-state index in [2.05, 4.69) is 221 Å². The molecule has 0 amide bonds. The molecule has 0 fully saturated rings. The van der Waals surface area contributed by atoms with Crippen molar-refractivity contribution in [1.29, 1.82) is 0 Å². The van der Waals surface area contributed by atoms with E-state index >= 15 is 0 Å².